The quantitative estimate of drug-likeness (QED) is 0.295. The Morgan fingerprint density at radius 3 is 2.77 bits per heavy atom. The van der Waals surface area contributed by atoms with Crippen LogP contribution in [-0.2, 0) is 16.1 Å². The lowest BCUT2D eigenvalue weighted by molar-refractivity contribution is -0.112. The van der Waals surface area contributed by atoms with E-state index in [9.17, 15) is 10.1 Å². The van der Waals surface area contributed by atoms with Crippen LogP contribution in [0.4, 0.5) is 5.69 Å². The molecule has 5 rings (SSSR count). The first-order chi connectivity index (χ1) is 17.0. The number of H-pyrrole nitrogens is 1. The molecule has 1 aliphatic rings. The molecule has 0 saturated carbocycles. The van der Waals surface area contributed by atoms with Gasteiger partial charge in [-0.1, -0.05) is 12.1 Å². The average Bonchev–Trinajstić information content (AvgIpc) is 3.59. The maximum atomic E-state index is 12.9. The topological polar surface area (TPSA) is 95.7 Å². The number of rotatable bonds is 6. The second-order valence-corrected chi connectivity index (χ2v) is 8.88. The molecule has 0 aliphatic carbocycles. The summed E-state index contributed by atoms with van der Waals surface area (Å²) in [5, 5.41) is 12.5. The number of aryl methyl sites for hydroxylation is 1. The third-order valence-corrected chi connectivity index (χ3v) is 6.49. The van der Waals surface area contributed by atoms with E-state index in [0.717, 1.165) is 65.4 Å². The van der Waals surface area contributed by atoms with Gasteiger partial charge in [0.1, 0.15) is 17.5 Å². The zero-order chi connectivity index (χ0) is 24.4. The van der Waals surface area contributed by atoms with Gasteiger partial charge >= 0.3 is 0 Å². The van der Waals surface area contributed by atoms with Gasteiger partial charge in [-0.05, 0) is 80.8 Å². The van der Waals surface area contributed by atoms with Crippen molar-refractivity contribution in [1.82, 2.24) is 14.5 Å². The molecular weight excluding hydrogens is 438 g/mol. The first kappa shape index (κ1) is 22.6. The molecule has 1 unspecified atom stereocenters. The van der Waals surface area contributed by atoms with Crippen molar-refractivity contribution in [2.75, 3.05) is 11.9 Å². The lowest BCUT2D eigenvalue weighted by Gasteiger charge is -2.14. The van der Waals surface area contributed by atoms with Crippen LogP contribution in [0.5, 0.6) is 0 Å². The molecule has 3 heterocycles. The van der Waals surface area contributed by atoms with Crippen molar-refractivity contribution < 1.29 is 9.53 Å². The maximum absolute atomic E-state index is 12.9. The van der Waals surface area contributed by atoms with Gasteiger partial charge in [-0.3, -0.25) is 4.79 Å². The number of ether oxygens (including phenoxy) is 1. The van der Waals surface area contributed by atoms with Crippen LogP contribution in [0.15, 0.2) is 60.2 Å². The Labute approximate surface area is 204 Å². The number of anilines is 1. The Kier molecular flexibility index (Phi) is 6.21. The fraction of sp³-hybridized carbons (Fsp3) is 0.250. The van der Waals surface area contributed by atoms with E-state index < -0.39 is 5.91 Å². The molecule has 0 bridgehead atoms. The molecule has 0 spiro atoms. The highest BCUT2D eigenvalue weighted by atomic mass is 16.5. The molecule has 7 nitrogen and oxygen atoms in total. The van der Waals surface area contributed by atoms with E-state index in [2.05, 4.69) is 25.9 Å². The number of aromatic amines is 1. The fourth-order valence-electron chi connectivity index (χ4n) is 4.55. The summed E-state index contributed by atoms with van der Waals surface area (Å²) in [7, 11) is 0. The summed E-state index contributed by atoms with van der Waals surface area (Å²) >= 11 is 0. The largest absolute Gasteiger partial charge is 0.376 e. The minimum atomic E-state index is -0.437. The first-order valence-electron chi connectivity index (χ1n) is 11.8. The molecule has 2 aromatic carbocycles. The summed E-state index contributed by atoms with van der Waals surface area (Å²) in [5.41, 5.74) is 6.43. The number of hydrogen-bond acceptors (Lipinski definition) is 4. The van der Waals surface area contributed by atoms with Crippen LogP contribution >= 0.6 is 0 Å². The third-order valence-electron chi connectivity index (χ3n) is 6.49. The van der Waals surface area contributed by atoms with E-state index in [1.54, 1.807) is 6.08 Å². The zero-order valence-corrected chi connectivity index (χ0v) is 19.8. The second-order valence-electron chi connectivity index (χ2n) is 8.88. The van der Waals surface area contributed by atoms with Gasteiger partial charge in [-0.15, -0.1) is 0 Å². The third kappa shape index (κ3) is 4.75. The summed E-state index contributed by atoms with van der Waals surface area (Å²) in [5.74, 6) is 0.327. The van der Waals surface area contributed by atoms with Crippen molar-refractivity contribution in [3.8, 4) is 17.5 Å². The van der Waals surface area contributed by atoms with Crippen molar-refractivity contribution >= 4 is 28.7 Å². The number of nitrogens with zero attached hydrogens (tertiary/aromatic N) is 3. The number of amides is 1. The average molecular weight is 466 g/mol. The molecule has 176 valence electrons. The van der Waals surface area contributed by atoms with Gasteiger partial charge in [0.2, 0.25) is 0 Å². The number of fused-ring (bicyclic) bond motifs is 1. The molecule has 7 heteroatoms. The van der Waals surface area contributed by atoms with Crippen LogP contribution in [0, 0.1) is 25.2 Å². The van der Waals surface area contributed by atoms with Crippen LogP contribution in [-0.4, -0.2) is 33.2 Å². The SMILES string of the molecule is Cc1cc(/C=C(\C#N)C(=O)Nc2ccc(-c3nc4ccccc4[nH]3)cc2)c(C)n1CC1CCCO1. The number of nitriles is 1. The van der Waals surface area contributed by atoms with E-state index in [4.69, 9.17) is 4.74 Å². The molecular formula is C28H27N5O2. The summed E-state index contributed by atoms with van der Waals surface area (Å²) in [4.78, 5) is 20.8. The predicted molar refractivity (Wildman–Crippen MR) is 137 cm³/mol. The molecule has 4 aromatic rings. The Morgan fingerprint density at radius 1 is 1.26 bits per heavy atom. The van der Waals surface area contributed by atoms with Gasteiger partial charge in [0.05, 0.1) is 17.1 Å². The zero-order valence-electron chi connectivity index (χ0n) is 19.8. The van der Waals surface area contributed by atoms with Crippen LogP contribution in [0.3, 0.4) is 0 Å². The molecule has 1 amide bonds. The summed E-state index contributed by atoms with van der Waals surface area (Å²) in [6, 6.07) is 19.3. The van der Waals surface area contributed by atoms with Crippen LogP contribution in [0.2, 0.25) is 0 Å². The maximum Gasteiger partial charge on any atom is 0.266 e. The number of hydrogen-bond donors (Lipinski definition) is 2. The highest BCUT2D eigenvalue weighted by molar-refractivity contribution is 6.09. The van der Waals surface area contributed by atoms with E-state index in [1.165, 1.54) is 0 Å². The number of nitrogens with one attached hydrogen (secondary N) is 2. The Bertz CT molecular complexity index is 1410. The number of imidazole rings is 1. The number of carbonyl (C=O) groups is 1. The summed E-state index contributed by atoms with van der Waals surface area (Å²) in [6.07, 6.45) is 4.03. The summed E-state index contributed by atoms with van der Waals surface area (Å²) < 4.78 is 7.98. The van der Waals surface area contributed by atoms with Gasteiger partial charge in [-0.25, -0.2) is 4.98 Å². The van der Waals surface area contributed by atoms with Crippen molar-refractivity contribution in [3.05, 3.63) is 77.1 Å². The van der Waals surface area contributed by atoms with Gasteiger partial charge in [-0.2, -0.15) is 5.26 Å². The molecule has 0 radical (unpaired) electrons. The lowest BCUT2D eigenvalue weighted by atomic mass is 10.1. The minimum absolute atomic E-state index is 0.0590. The highest BCUT2D eigenvalue weighted by Crippen LogP contribution is 2.24. The van der Waals surface area contributed by atoms with Gasteiger partial charge in [0, 0.05) is 35.8 Å². The van der Waals surface area contributed by atoms with E-state index in [-0.39, 0.29) is 11.7 Å². The monoisotopic (exact) mass is 465 g/mol. The van der Waals surface area contributed by atoms with Gasteiger partial charge in [0.25, 0.3) is 5.91 Å². The first-order valence-corrected chi connectivity index (χ1v) is 11.8. The number of carbonyl (C=O) groups excluding carboxylic acids is 1. The Balaban J connectivity index is 1.31. The fourth-order valence-corrected chi connectivity index (χ4v) is 4.55. The highest BCUT2D eigenvalue weighted by Gasteiger charge is 2.19. The van der Waals surface area contributed by atoms with E-state index >= 15 is 0 Å². The van der Waals surface area contributed by atoms with Crippen molar-refractivity contribution in [2.24, 2.45) is 0 Å². The number of aromatic nitrogens is 3. The van der Waals surface area contributed by atoms with Crippen molar-refractivity contribution in [1.29, 1.82) is 5.26 Å². The van der Waals surface area contributed by atoms with Crippen LogP contribution in [0.1, 0.15) is 29.8 Å². The van der Waals surface area contributed by atoms with Crippen molar-refractivity contribution in [2.45, 2.75) is 39.3 Å². The number of benzene rings is 2. The molecule has 1 saturated heterocycles. The lowest BCUT2D eigenvalue weighted by Crippen LogP contribution is -2.17. The van der Waals surface area contributed by atoms with E-state index in [1.807, 2.05) is 68.4 Å². The Hall–Kier alpha value is -4.15. The minimum Gasteiger partial charge on any atom is -0.376 e. The van der Waals surface area contributed by atoms with Crippen molar-refractivity contribution in [3.63, 3.8) is 0 Å². The molecule has 2 N–H and O–H groups in total. The van der Waals surface area contributed by atoms with Crippen LogP contribution in [0.25, 0.3) is 28.5 Å². The van der Waals surface area contributed by atoms with Gasteiger partial charge in [0.15, 0.2) is 0 Å². The standard InChI is InChI=1S/C28H27N5O2/c1-18-14-21(19(2)33(18)17-24-6-5-13-35-24)15-22(16-29)28(34)30-23-11-9-20(10-12-23)27-31-25-7-3-4-8-26(25)32-27/h3-4,7-12,14-15,24H,5-6,13,17H2,1-2H3,(H,30,34)(H,31,32)/b22-15+. The predicted octanol–water partition coefficient (Wildman–Crippen LogP) is 5.37. The smallest absolute Gasteiger partial charge is 0.266 e. The molecule has 35 heavy (non-hydrogen) atoms. The normalized spacial score (nSPS) is 15.9. The number of para-hydroxylation sites is 2. The second kappa shape index (κ2) is 9.61. The van der Waals surface area contributed by atoms with E-state index in [0.29, 0.717) is 5.69 Å². The summed E-state index contributed by atoms with van der Waals surface area (Å²) in [6.45, 7) is 5.65. The molecule has 1 fully saturated rings. The molecule has 1 aliphatic heterocycles. The Morgan fingerprint density at radius 2 is 2.06 bits per heavy atom. The van der Waals surface area contributed by atoms with Gasteiger partial charge < -0.3 is 19.6 Å². The molecule has 1 atom stereocenters. The molecule has 2 aromatic heterocycles. The van der Waals surface area contributed by atoms with Crippen LogP contribution < -0.4 is 5.32 Å².